The molecule has 2 aromatic rings. The zero-order valence-electron chi connectivity index (χ0n) is 10.7. The zero-order valence-corrected chi connectivity index (χ0v) is 12.3. The predicted molar refractivity (Wildman–Crippen MR) is 70.9 cm³/mol. The minimum Gasteiger partial charge on any atom is -0.220 e. The van der Waals surface area contributed by atoms with E-state index in [1.165, 1.54) is 18.5 Å². The Labute approximate surface area is 115 Å². The highest BCUT2D eigenvalue weighted by atomic mass is 35.7. The Morgan fingerprint density at radius 3 is 2.26 bits per heavy atom. The first-order valence-electron chi connectivity index (χ1n) is 5.52. The van der Waals surface area contributed by atoms with Crippen molar-refractivity contribution >= 4 is 19.7 Å². The molecule has 0 fully saturated rings. The van der Waals surface area contributed by atoms with Gasteiger partial charge in [-0.2, -0.15) is 9.78 Å². The van der Waals surface area contributed by atoms with Gasteiger partial charge in [0.1, 0.15) is 0 Å². The van der Waals surface area contributed by atoms with E-state index in [-0.39, 0.29) is 16.4 Å². The van der Waals surface area contributed by atoms with Gasteiger partial charge in [-0.3, -0.25) is 0 Å². The molecule has 0 amide bonds. The lowest BCUT2D eigenvalue weighted by atomic mass is 9.93. The van der Waals surface area contributed by atoms with E-state index < -0.39 is 9.05 Å². The van der Waals surface area contributed by atoms with Crippen LogP contribution in [0.15, 0.2) is 29.6 Å². The highest BCUT2D eigenvalue weighted by Crippen LogP contribution is 2.26. The maximum absolute atomic E-state index is 11.6. The van der Waals surface area contributed by atoms with Crippen LogP contribution in [0.25, 0.3) is 5.95 Å². The summed E-state index contributed by atoms with van der Waals surface area (Å²) in [6.45, 7) is 5.78. The second-order valence-corrected chi connectivity index (χ2v) is 7.53. The first-order chi connectivity index (χ1) is 8.69. The quantitative estimate of drug-likeness (QED) is 0.791. The summed E-state index contributed by atoms with van der Waals surface area (Å²) < 4.78 is 24.4. The van der Waals surface area contributed by atoms with E-state index >= 15 is 0 Å². The van der Waals surface area contributed by atoms with Gasteiger partial charge in [-0.25, -0.2) is 18.4 Å². The van der Waals surface area contributed by atoms with Crippen molar-refractivity contribution in [3.63, 3.8) is 0 Å². The summed E-state index contributed by atoms with van der Waals surface area (Å²) in [5.41, 5.74) is 0.287. The molecule has 102 valence electrons. The molecule has 0 saturated carbocycles. The SMILES string of the molecule is CC(C)(C)c1cc(S(=O)(=O)Cl)n(-c2ncccn2)n1. The molecule has 0 aliphatic carbocycles. The van der Waals surface area contributed by atoms with Crippen molar-refractivity contribution in [2.24, 2.45) is 0 Å². The molecule has 0 unspecified atom stereocenters. The second kappa shape index (κ2) is 4.57. The summed E-state index contributed by atoms with van der Waals surface area (Å²) >= 11 is 0. The van der Waals surface area contributed by atoms with E-state index in [2.05, 4.69) is 15.1 Å². The Morgan fingerprint density at radius 2 is 1.79 bits per heavy atom. The highest BCUT2D eigenvalue weighted by Gasteiger charge is 2.26. The van der Waals surface area contributed by atoms with Gasteiger partial charge in [0.25, 0.3) is 15.0 Å². The van der Waals surface area contributed by atoms with E-state index in [1.807, 2.05) is 20.8 Å². The van der Waals surface area contributed by atoms with Gasteiger partial charge >= 0.3 is 0 Å². The van der Waals surface area contributed by atoms with Gasteiger partial charge in [0.05, 0.1) is 5.69 Å². The topological polar surface area (TPSA) is 77.7 Å². The van der Waals surface area contributed by atoms with Crippen LogP contribution in [-0.4, -0.2) is 28.2 Å². The lowest BCUT2D eigenvalue weighted by molar-refractivity contribution is 0.555. The second-order valence-electron chi connectivity index (χ2n) is 5.02. The lowest BCUT2D eigenvalue weighted by Crippen LogP contribution is -2.13. The molecule has 2 heterocycles. The average Bonchev–Trinajstić information content (AvgIpc) is 2.74. The molecule has 0 N–H and O–H groups in total. The summed E-state index contributed by atoms with van der Waals surface area (Å²) in [6, 6.07) is 3.07. The van der Waals surface area contributed by atoms with E-state index in [0.29, 0.717) is 5.69 Å². The fourth-order valence-electron chi connectivity index (χ4n) is 1.45. The normalized spacial score (nSPS) is 12.6. The molecule has 0 spiro atoms. The van der Waals surface area contributed by atoms with E-state index in [9.17, 15) is 8.42 Å². The van der Waals surface area contributed by atoms with Gasteiger partial charge in [0.2, 0.25) is 0 Å². The summed E-state index contributed by atoms with van der Waals surface area (Å²) in [4.78, 5) is 7.97. The third kappa shape index (κ3) is 2.93. The van der Waals surface area contributed by atoms with Crippen LogP contribution in [0.2, 0.25) is 0 Å². The van der Waals surface area contributed by atoms with Crippen molar-refractivity contribution in [1.29, 1.82) is 0 Å². The number of aromatic nitrogens is 4. The smallest absolute Gasteiger partial charge is 0.220 e. The van der Waals surface area contributed by atoms with Gasteiger partial charge in [-0.1, -0.05) is 20.8 Å². The van der Waals surface area contributed by atoms with Gasteiger partial charge < -0.3 is 0 Å². The minimum atomic E-state index is -3.93. The molecule has 0 radical (unpaired) electrons. The number of nitrogens with zero attached hydrogens (tertiary/aromatic N) is 4. The van der Waals surface area contributed by atoms with Crippen molar-refractivity contribution in [3.8, 4) is 5.95 Å². The summed E-state index contributed by atoms with van der Waals surface area (Å²) in [7, 11) is 1.50. The summed E-state index contributed by atoms with van der Waals surface area (Å²) in [6.07, 6.45) is 3.01. The maximum atomic E-state index is 11.6. The molecular weight excluding hydrogens is 288 g/mol. The first-order valence-corrected chi connectivity index (χ1v) is 7.83. The Balaban J connectivity index is 2.70. The van der Waals surface area contributed by atoms with E-state index in [1.54, 1.807) is 6.07 Å². The van der Waals surface area contributed by atoms with Gasteiger partial charge in [0.15, 0.2) is 5.03 Å². The van der Waals surface area contributed by atoms with Gasteiger partial charge in [-0.05, 0) is 6.07 Å². The molecule has 2 rings (SSSR count). The number of hydrogen-bond donors (Lipinski definition) is 0. The molecule has 0 saturated heterocycles. The van der Waals surface area contributed by atoms with Crippen LogP contribution in [0, 0.1) is 0 Å². The third-order valence-corrected chi connectivity index (χ3v) is 3.70. The largest absolute Gasteiger partial charge is 0.278 e. The summed E-state index contributed by atoms with van der Waals surface area (Å²) in [5.74, 6) is 0.164. The molecule has 2 aromatic heterocycles. The number of hydrogen-bond acceptors (Lipinski definition) is 5. The average molecular weight is 301 g/mol. The van der Waals surface area contributed by atoms with Crippen LogP contribution in [0.3, 0.4) is 0 Å². The fourth-order valence-corrected chi connectivity index (χ4v) is 2.36. The van der Waals surface area contributed by atoms with Crippen LogP contribution in [0.5, 0.6) is 0 Å². The molecule has 0 aliphatic heterocycles. The Hall–Kier alpha value is -1.47. The predicted octanol–water partition coefficient (Wildman–Crippen LogP) is 1.89. The van der Waals surface area contributed by atoms with Crippen molar-refractivity contribution < 1.29 is 8.42 Å². The maximum Gasteiger partial charge on any atom is 0.278 e. The Morgan fingerprint density at radius 1 is 1.21 bits per heavy atom. The minimum absolute atomic E-state index is 0.134. The van der Waals surface area contributed by atoms with Crippen LogP contribution < -0.4 is 0 Å². The fraction of sp³-hybridized carbons (Fsp3) is 0.364. The molecule has 19 heavy (non-hydrogen) atoms. The number of halogens is 1. The molecule has 8 heteroatoms. The molecule has 0 aromatic carbocycles. The molecular formula is C11H13ClN4O2S. The summed E-state index contributed by atoms with van der Waals surface area (Å²) in [5, 5.41) is 4.11. The highest BCUT2D eigenvalue weighted by molar-refractivity contribution is 8.13. The van der Waals surface area contributed by atoms with Crippen molar-refractivity contribution in [2.45, 2.75) is 31.2 Å². The van der Waals surface area contributed by atoms with E-state index in [0.717, 1.165) is 4.68 Å². The first kappa shape index (κ1) is 14.0. The molecule has 0 bridgehead atoms. The van der Waals surface area contributed by atoms with E-state index in [4.69, 9.17) is 10.7 Å². The van der Waals surface area contributed by atoms with Crippen LogP contribution in [-0.2, 0) is 14.5 Å². The van der Waals surface area contributed by atoms with Crippen LogP contribution in [0.1, 0.15) is 26.5 Å². The number of rotatable bonds is 2. The Kier molecular flexibility index (Phi) is 3.36. The van der Waals surface area contributed by atoms with Crippen LogP contribution in [0.4, 0.5) is 0 Å². The molecule has 0 atom stereocenters. The van der Waals surface area contributed by atoms with Crippen molar-refractivity contribution in [2.75, 3.05) is 0 Å². The van der Waals surface area contributed by atoms with Crippen LogP contribution >= 0.6 is 10.7 Å². The van der Waals surface area contributed by atoms with Crippen molar-refractivity contribution in [3.05, 3.63) is 30.2 Å². The van der Waals surface area contributed by atoms with Crippen molar-refractivity contribution in [1.82, 2.24) is 19.7 Å². The third-order valence-electron chi connectivity index (χ3n) is 2.44. The molecule has 0 aliphatic rings. The standard InChI is InChI=1S/C11H13ClN4O2S/c1-11(2,3)8-7-9(19(12,17)18)16(15-8)10-13-5-4-6-14-10/h4-7H,1-3H3. The van der Waals surface area contributed by atoms with Gasteiger partial charge in [0, 0.05) is 34.6 Å². The lowest BCUT2D eigenvalue weighted by Gasteiger charge is -2.13. The molecule has 6 nitrogen and oxygen atoms in total. The van der Waals surface area contributed by atoms with Gasteiger partial charge in [-0.15, -0.1) is 0 Å². The monoisotopic (exact) mass is 300 g/mol. The zero-order chi connectivity index (χ0) is 14.3. The Bertz CT molecular complexity index is 689.